The van der Waals surface area contributed by atoms with Crippen LogP contribution in [0.15, 0.2) is 36.9 Å². The Morgan fingerprint density at radius 2 is 1.96 bits per heavy atom. The van der Waals surface area contributed by atoms with Crippen molar-refractivity contribution in [2.45, 2.75) is 0 Å². The molecule has 0 aliphatic rings. The number of aryl methyl sites for hydroxylation is 1. The minimum absolute atomic E-state index is 0.407. The Labute approximate surface area is 148 Å². The molecule has 0 radical (unpaired) electrons. The number of aromatic nitrogens is 7. The lowest BCUT2D eigenvalue weighted by atomic mass is 10.3. The Kier molecular flexibility index (Phi) is 3.84. The Morgan fingerprint density at radius 3 is 2.77 bits per heavy atom. The molecule has 26 heavy (non-hydrogen) atoms. The van der Waals surface area contributed by atoms with Crippen LogP contribution in [-0.2, 0) is 7.05 Å². The molecule has 0 unspecified atom stereocenters. The van der Waals surface area contributed by atoms with Crippen molar-refractivity contribution in [1.29, 1.82) is 0 Å². The molecule has 4 heterocycles. The normalized spacial score (nSPS) is 10.9. The van der Waals surface area contributed by atoms with Crippen LogP contribution in [0.25, 0.3) is 17.0 Å². The molecule has 10 heteroatoms. The van der Waals surface area contributed by atoms with Gasteiger partial charge < -0.3 is 14.8 Å². The zero-order valence-corrected chi connectivity index (χ0v) is 14.4. The first-order chi connectivity index (χ1) is 12.7. The molecule has 1 N–H and O–H groups in total. The molecule has 10 nitrogen and oxygen atoms in total. The summed E-state index contributed by atoms with van der Waals surface area (Å²) in [7, 11) is 5.00. The van der Waals surface area contributed by atoms with E-state index in [1.165, 1.54) is 0 Å². The molecule has 0 saturated carbocycles. The van der Waals surface area contributed by atoms with E-state index in [2.05, 4.69) is 30.5 Å². The van der Waals surface area contributed by atoms with E-state index >= 15 is 0 Å². The average molecular weight is 352 g/mol. The first-order valence-corrected chi connectivity index (χ1v) is 7.74. The predicted molar refractivity (Wildman–Crippen MR) is 94.0 cm³/mol. The van der Waals surface area contributed by atoms with Crippen molar-refractivity contribution in [3.8, 4) is 17.6 Å². The molecule has 0 spiro atoms. The van der Waals surface area contributed by atoms with E-state index in [1.807, 2.05) is 13.1 Å². The number of pyridine rings is 1. The van der Waals surface area contributed by atoms with Gasteiger partial charge in [0.1, 0.15) is 11.6 Å². The molecule has 4 aromatic heterocycles. The summed E-state index contributed by atoms with van der Waals surface area (Å²) in [6.07, 6.45) is 6.75. The van der Waals surface area contributed by atoms with E-state index in [0.717, 1.165) is 16.7 Å². The third-order valence-electron chi connectivity index (χ3n) is 3.77. The van der Waals surface area contributed by atoms with E-state index in [0.29, 0.717) is 23.4 Å². The summed E-state index contributed by atoms with van der Waals surface area (Å²) in [6.45, 7) is 0. The van der Waals surface area contributed by atoms with Crippen molar-refractivity contribution < 1.29 is 9.47 Å². The van der Waals surface area contributed by atoms with Crippen molar-refractivity contribution in [3.05, 3.63) is 36.9 Å². The van der Waals surface area contributed by atoms with Gasteiger partial charge in [-0.2, -0.15) is 15.2 Å². The van der Waals surface area contributed by atoms with E-state index in [9.17, 15) is 0 Å². The van der Waals surface area contributed by atoms with Crippen LogP contribution in [0.1, 0.15) is 0 Å². The van der Waals surface area contributed by atoms with E-state index in [1.54, 1.807) is 54.4 Å². The molecule has 0 saturated heterocycles. The summed E-state index contributed by atoms with van der Waals surface area (Å²) in [5.41, 5.74) is 1.45. The summed E-state index contributed by atoms with van der Waals surface area (Å²) in [5, 5.41) is 12.5. The number of nitrogens with one attached hydrogen (secondary N) is 1. The first-order valence-electron chi connectivity index (χ1n) is 7.74. The van der Waals surface area contributed by atoms with Gasteiger partial charge in [0.15, 0.2) is 5.65 Å². The highest BCUT2D eigenvalue weighted by molar-refractivity contribution is 5.84. The van der Waals surface area contributed by atoms with Crippen LogP contribution >= 0.6 is 0 Å². The number of hydrogen-bond acceptors (Lipinski definition) is 8. The van der Waals surface area contributed by atoms with Gasteiger partial charge >= 0.3 is 0 Å². The summed E-state index contributed by atoms with van der Waals surface area (Å²) >= 11 is 0. The summed E-state index contributed by atoms with van der Waals surface area (Å²) in [4.78, 5) is 13.0. The number of rotatable bonds is 5. The Morgan fingerprint density at radius 1 is 1.08 bits per heavy atom. The van der Waals surface area contributed by atoms with Crippen LogP contribution in [-0.4, -0.2) is 48.7 Å². The van der Waals surface area contributed by atoms with Crippen molar-refractivity contribution in [2.75, 3.05) is 19.5 Å². The Hall–Kier alpha value is -3.69. The maximum Gasteiger partial charge on any atom is 0.253 e. The van der Waals surface area contributed by atoms with E-state index in [-0.39, 0.29) is 0 Å². The molecule has 0 atom stereocenters. The molecule has 0 bridgehead atoms. The van der Waals surface area contributed by atoms with Crippen LogP contribution in [0.3, 0.4) is 0 Å². The van der Waals surface area contributed by atoms with Crippen LogP contribution in [0.2, 0.25) is 0 Å². The minimum atomic E-state index is 0.407. The van der Waals surface area contributed by atoms with Gasteiger partial charge in [-0.3, -0.25) is 4.68 Å². The quantitative estimate of drug-likeness (QED) is 0.579. The number of methoxy groups -OCH3 is 2. The second-order valence-corrected chi connectivity index (χ2v) is 5.41. The van der Waals surface area contributed by atoms with Crippen LogP contribution in [0, 0.1) is 0 Å². The van der Waals surface area contributed by atoms with Crippen LogP contribution in [0.4, 0.5) is 11.5 Å². The third kappa shape index (κ3) is 2.77. The van der Waals surface area contributed by atoms with Crippen molar-refractivity contribution in [1.82, 2.24) is 34.5 Å². The summed E-state index contributed by atoms with van der Waals surface area (Å²) in [6, 6.07) is 3.48. The molecule has 4 rings (SSSR count). The predicted octanol–water partition coefficient (Wildman–Crippen LogP) is 1.70. The summed E-state index contributed by atoms with van der Waals surface area (Å²) < 4.78 is 13.8. The Balaban J connectivity index is 1.65. The van der Waals surface area contributed by atoms with Crippen molar-refractivity contribution in [3.63, 3.8) is 0 Å². The topological polar surface area (TPSA) is 105 Å². The minimum Gasteiger partial charge on any atom is -0.496 e. The zero-order chi connectivity index (χ0) is 18.1. The smallest absolute Gasteiger partial charge is 0.253 e. The molecule has 0 aliphatic heterocycles. The molecule has 0 fully saturated rings. The fourth-order valence-electron chi connectivity index (χ4n) is 2.52. The van der Waals surface area contributed by atoms with Gasteiger partial charge in [0.2, 0.25) is 5.88 Å². The first kappa shape index (κ1) is 15.8. The van der Waals surface area contributed by atoms with E-state index in [4.69, 9.17) is 9.47 Å². The lowest BCUT2D eigenvalue weighted by Crippen LogP contribution is -2.02. The second-order valence-electron chi connectivity index (χ2n) is 5.41. The average Bonchev–Trinajstić information content (AvgIpc) is 3.28. The fourth-order valence-corrected chi connectivity index (χ4v) is 2.52. The molecular formula is C16H16N8O2. The number of fused-ring (bicyclic) bond motifs is 1. The highest BCUT2D eigenvalue weighted by Crippen LogP contribution is 2.28. The highest BCUT2D eigenvalue weighted by Gasteiger charge is 2.11. The maximum atomic E-state index is 5.43. The lowest BCUT2D eigenvalue weighted by Gasteiger charge is -2.07. The van der Waals surface area contributed by atoms with Gasteiger partial charge in [-0.1, -0.05) is 0 Å². The van der Waals surface area contributed by atoms with Gasteiger partial charge in [0.25, 0.3) is 5.95 Å². The number of nitrogens with zero attached hydrogens (tertiary/aromatic N) is 7. The SMILES string of the molecule is COc1ccnc(-n2cc(Nc3cc(OC)c4cnn(C)c4n3)cn2)n1. The standard InChI is InChI=1S/C16H16N8O2/c1-23-15-11(8-18-23)12(25-2)6-13(21-15)20-10-7-19-24(9-10)16-17-5-4-14(22-16)26-3/h4-9H,1-3H3,(H,20,21). The fraction of sp³-hybridized carbons (Fsp3) is 0.188. The van der Waals surface area contributed by atoms with Gasteiger partial charge in [0.05, 0.1) is 43.9 Å². The maximum absolute atomic E-state index is 5.43. The van der Waals surface area contributed by atoms with Gasteiger partial charge in [-0.25, -0.2) is 14.6 Å². The number of hydrogen-bond donors (Lipinski definition) is 1. The van der Waals surface area contributed by atoms with Gasteiger partial charge in [-0.05, 0) is 0 Å². The zero-order valence-electron chi connectivity index (χ0n) is 14.4. The third-order valence-corrected chi connectivity index (χ3v) is 3.77. The molecule has 132 valence electrons. The van der Waals surface area contributed by atoms with Gasteiger partial charge in [-0.15, -0.1) is 0 Å². The second kappa shape index (κ2) is 6.31. The number of ether oxygens (including phenoxy) is 2. The number of anilines is 2. The van der Waals surface area contributed by atoms with E-state index < -0.39 is 0 Å². The van der Waals surface area contributed by atoms with Crippen molar-refractivity contribution in [2.24, 2.45) is 7.05 Å². The molecule has 0 amide bonds. The van der Waals surface area contributed by atoms with Crippen LogP contribution in [0.5, 0.6) is 11.6 Å². The molecule has 0 aliphatic carbocycles. The summed E-state index contributed by atoms with van der Waals surface area (Å²) in [5.74, 6) is 2.18. The monoisotopic (exact) mass is 352 g/mol. The van der Waals surface area contributed by atoms with Crippen LogP contribution < -0.4 is 14.8 Å². The Bertz CT molecular complexity index is 1070. The van der Waals surface area contributed by atoms with Gasteiger partial charge in [0, 0.05) is 25.4 Å². The largest absolute Gasteiger partial charge is 0.496 e. The molecule has 4 aromatic rings. The molecule has 0 aromatic carbocycles. The molecular weight excluding hydrogens is 336 g/mol. The van der Waals surface area contributed by atoms with Crippen molar-refractivity contribution >= 4 is 22.5 Å². The lowest BCUT2D eigenvalue weighted by molar-refractivity contribution is 0.395. The highest BCUT2D eigenvalue weighted by atomic mass is 16.5.